The van der Waals surface area contributed by atoms with Crippen molar-refractivity contribution in [3.63, 3.8) is 0 Å². The van der Waals surface area contributed by atoms with E-state index in [1.807, 2.05) is 6.07 Å². The van der Waals surface area contributed by atoms with E-state index < -0.39 is 0 Å². The molecular weight excluding hydrogens is 152 g/mol. The quantitative estimate of drug-likeness (QED) is 0.721. The third kappa shape index (κ3) is 2.85. The van der Waals surface area contributed by atoms with E-state index in [1.165, 1.54) is 0 Å². The predicted molar refractivity (Wildman–Crippen MR) is 41.1 cm³/mol. The number of halogens is 1. The van der Waals surface area contributed by atoms with Crippen LogP contribution in [0.25, 0.3) is 0 Å². The largest absolute Gasteiger partial charge is 0.365 e. The number of aryl methyl sites for hydroxylation is 1. The molecule has 0 radical (unpaired) electrons. The fraction of sp³-hybridized carbons (Fsp3) is 0.500. The van der Waals surface area contributed by atoms with Crippen LogP contribution in [0.2, 0.25) is 0 Å². The lowest BCUT2D eigenvalue weighted by molar-refractivity contribution is 0.411. The zero-order chi connectivity index (χ0) is 6.53. The minimum Gasteiger partial charge on any atom is -0.365 e. The van der Waals surface area contributed by atoms with Crippen LogP contribution in [0.4, 0.5) is 0 Å². The SMILES string of the molecule is Cl.NCCCc1ccon1. The van der Waals surface area contributed by atoms with Gasteiger partial charge in [0.15, 0.2) is 0 Å². The van der Waals surface area contributed by atoms with E-state index in [9.17, 15) is 0 Å². The summed E-state index contributed by atoms with van der Waals surface area (Å²) in [4.78, 5) is 0. The Bertz CT molecular complexity index is 153. The highest BCUT2D eigenvalue weighted by Gasteiger charge is 1.92. The maximum absolute atomic E-state index is 5.29. The number of hydrogen-bond acceptors (Lipinski definition) is 3. The average molecular weight is 163 g/mol. The van der Waals surface area contributed by atoms with Crippen LogP contribution in [0.3, 0.4) is 0 Å². The van der Waals surface area contributed by atoms with Crippen molar-refractivity contribution in [1.82, 2.24) is 5.16 Å². The van der Waals surface area contributed by atoms with Crippen LogP contribution < -0.4 is 5.73 Å². The van der Waals surface area contributed by atoms with Gasteiger partial charge in [-0.2, -0.15) is 0 Å². The van der Waals surface area contributed by atoms with Crippen LogP contribution in [-0.4, -0.2) is 11.7 Å². The first kappa shape index (κ1) is 9.46. The summed E-state index contributed by atoms with van der Waals surface area (Å²) >= 11 is 0. The van der Waals surface area contributed by atoms with Crippen LogP contribution in [0.15, 0.2) is 16.9 Å². The summed E-state index contributed by atoms with van der Waals surface area (Å²) in [5.74, 6) is 0. The fourth-order valence-corrected chi connectivity index (χ4v) is 0.650. The summed E-state index contributed by atoms with van der Waals surface area (Å²) < 4.78 is 4.62. The van der Waals surface area contributed by atoms with Gasteiger partial charge in [0.2, 0.25) is 0 Å². The second-order valence-corrected chi connectivity index (χ2v) is 1.88. The van der Waals surface area contributed by atoms with Gasteiger partial charge >= 0.3 is 0 Å². The number of hydrogen-bond donors (Lipinski definition) is 1. The van der Waals surface area contributed by atoms with E-state index in [1.54, 1.807) is 6.26 Å². The van der Waals surface area contributed by atoms with Crippen LogP contribution >= 0.6 is 12.4 Å². The lowest BCUT2D eigenvalue weighted by Crippen LogP contribution is -2.00. The highest BCUT2D eigenvalue weighted by Crippen LogP contribution is 1.96. The van der Waals surface area contributed by atoms with Gasteiger partial charge in [0.05, 0.1) is 5.69 Å². The van der Waals surface area contributed by atoms with E-state index in [0.29, 0.717) is 6.54 Å². The Hall–Kier alpha value is -0.540. The molecule has 0 saturated carbocycles. The first-order valence-corrected chi connectivity index (χ1v) is 3.03. The molecule has 3 nitrogen and oxygen atoms in total. The molecule has 2 N–H and O–H groups in total. The minimum absolute atomic E-state index is 0. The van der Waals surface area contributed by atoms with Gasteiger partial charge in [-0.25, -0.2) is 0 Å². The Morgan fingerprint density at radius 2 is 2.40 bits per heavy atom. The third-order valence-electron chi connectivity index (χ3n) is 1.13. The van der Waals surface area contributed by atoms with Gasteiger partial charge in [-0.1, -0.05) is 5.16 Å². The van der Waals surface area contributed by atoms with E-state index in [2.05, 4.69) is 9.68 Å². The lowest BCUT2D eigenvalue weighted by Gasteiger charge is -1.88. The smallest absolute Gasteiger partial charge is 0.124 e. The molecule has 0 aliphatic rings. The van der Waals surface area contributed by atoms with Crippen LogP contribution in [0.1, 0.15) is 12.1 Å². The zero-order valence-electron chi connectivity index (χ0n) is 5.62. The van der Waals surface area contributed by atoms with Gasteiger partial charge in [-0.3, -0.25) is 0 Å². The number of rotatable bonds is 3. The molecular formula is C6H11ClN2O. The summed E-state index contributed by atoms with van der Waals surface area (Å²) in [5.41, 5.74) is 6.27. The molecule has 0 unspecified atom stereocenters. The van der Waals surface area contributed by atoms with Crippen molar-refractivity contribution in [2.75, 3.05) is 6.54 Å². The van der Waals surface area contributed by atoms with Crippen LogP contribution in [0, 0.1) is 0 Å². The number of nitrogens with two attached hydrogens (primary N) is 1. The Morgan fingerprint density at radius 3 is 2.90 bits per heavy atom. The molecule has 1 aromatic heterocycles. The Balaban J connectivity index is 0.000000810. The highest BCUT2D eigenvalue weighted by molar-refractivity contribution is 5.85. The van der Waals surface area contributed by atoms with Crippen molar-refractivity contribution in [2.45, 2.75) is 12.8 Å². The normalized spacial score (nSPS) is 8.90. The first-order valence-electron chi connectivity index (χ1n) is 3.03. The van der Waals surface area contributed by atoms with E-state index in [4.69, 9.17) is 5.73 Å². The predicted octanol–water partition coefficient (Wildman–Crippen LogP) is 0.988. The topological polar surface area (TPSA) is 52.0 Å². The molecule has 10 heavy (non-hydrogen) atoms. The fourth-order valence-electron chi connectivity index (χ4n) is 0.650. The monoisotopic (exact) mass is 162 g/mol. The first-order chi connectivity index (χ1) is 4.43. The van der Waals surface area contributed by atoms with Gasteiger partial charge < -0.3 is 10.3 Å². The summed E-state index contributed by atoms with van der Waals surface area (Å²) in [6, 6.07) is 1.86. The third-order valence-corrected chi connectivity index (χ3v) is 1.13. The van der Waals surface area contributed by atoms with Crippen molar-refractivity contribution in [2.24, 2.45) is 5.73 Å². The maximum atomic E-state index is 5.29. The van der Waals surface area contributed by atoms with Crippen molar-refractivity contribution >= 4 is 12.4 Å². The average Bonchev–Trinajstić information content (AvgIpc) is 2.34. The van der Waals surface area contributed by atoms with Gasteiger partial charge in [0, 0.05) is 6.07 Å². The molecule has 1 heterocycles. The number of aromatic nitrogens is 1. The second kappa shape index (κ2) is 5.26. The molecule has 0 saturated heterocycles. The van der Waals surface area contributed by atoms with E-state index >= 15 is 0 Å². The van der Waals surface area contributed by atoms with E-state index in [0.717, 1.165) is 18.5 Å². The van der Waals surface area contributed by atoms with Crippen LogP contribution in [0.5, 0.6) is 0 Å². The molecule has 0 amide bonds. The molecule has 0 spiro atoms. The van der Waals surface area contributed by atoms with Crippen molar-refractivity contribution in [3.8, 4) is 0 Å². The Labute approximate surface area is 66.0 Å². The molecule has 0 bridgehead atoms. The Kier molecular flexibility index (Phi) is 4.98. The molecule has 0 atom stereocenters. The van der Waals surface area contributed by atoms with Crippen LogP contribution in [-0.2, 0) is 6.42 Å². The molecule has 4 heteroatoms. The van der Waals surface area contributed by atoms with Crippen molar-refractivity contribution in [1.29, 1.82) is 0 Å². The van der Waals surface area contributed by atoms with E-state index in [-0.39, 0.29) is 12.4 Å². The Morgan fingerprint density at radius 1 is 1.60 bits per heavy atom. The van der Waals surface area contributed by atoms with Crippen molar-refractivity contribution < 1.29 is 4.52 Å². The summed E-state index contributed by atoms with van der Waals surface area (Å²) in [6.07, 6.45) is 3.48. The van der Waals surface area contributed by atoms with Gasteiger partial charge in [0.1, 0.15) is 6.26 Å². The minimum atomic E-state index is 0. The number of nitrogens with zero attached hydrogens (tertiary/aromatic N) is 1. The summed E-state index contributed by atoms with van der Waals surface area (Å²) in [5, 5.41) is 3.72. The molecule has 0 fully saturated rings. The van der Waals surface area contributed by atoms with Crippen molar-refractivity contribution in [3.05, 3.63) is 18.0 Å². The molecule has 58 valence electrons. The standard InChI is InChI=1S/C6H10N2O.ClH/c7-4-1-2-6-3-5-9-8-6;/h3,5H,1-2,4,7H2;1H. The van der Waals surface area contributed by atoms with Gasteiger partial charge in [0.25, 0.3) is 0 Å². The zero-order valence-corrected chi connectivity index (χ0v) is 6.43. The second-order valence-electron chi connectivity index (χ2n) is 1.88. The van der Waals surface area contributed by atoms with Gasteiger partial charge in [-0.05, 0) is 19.4 Å². The summed E-state index contributed by atoms with van der Waals surface area (Å²) in [7, 11) is 0. The lowest BCUT2D eigenvalue weighted by atomic mass is 10.2. The molecule has 0 aromatic carbocycles. The summed E-state index contributed by atoms with van der Waals surface area (Å²) in [6.45, 7) is 0.715. The highest BCUT2D eigenvalue weighted by atomic mass is 35.5. The molecule has 0 aliphatic heterocycles. The maximum Gasteiger partial charge on any atom is 0.124 e. The molecule has 1 rings (SSSR count). The molecule has 0 aliphatic carbocycles. The molecule has 1 aromatic rings. The van der Waals surface area contributed by atoms with Gasteiger partial charge in [-0.15, -0.1) is 12.4 Å².